The first-order valence-electron chi connectivity index (χ1n) is 4.52. The topological polar surface area (TPSA) is 36.3 Å². The minimum Gasteiger partial charge on any atom is -0.380 e. The van der Waals surface area contributed by atoms with Gasteiger partial charge in [0.15, 0.2) is 0 Å². The van der Waals surface area contributed by atoms with E-state index in [2.05, 4.69) is 17.9 Å². The third kappa shape index (κ3) is 6.14. The van der Waals surface area contributed by atoms with E-state index in [1.54, 1.807) is 0 Å². The Morgan fingerprint density at radius 2 is 2.08 bits per heavy atom. The molecule has 0 aliphatic rings. The fourth-order valence-electron chi connectivity index (χ4n) is 0.974. The van der Waals surface area contributed by atoms with Crippen LogP contribution < -0.4 is 0 Å². The smallest absolute Gasteiger partial charge is 0.0635 e. The van der Waals surface area contributed by atoms with Gasteiger partial charge in [0.25, 0.3) is 0 Å². The molecule has 0 atom stereocenters. The predicted molar refractivity (Wildman–Crippen MR) is 48.8 cm³/mol. The highest BCUT2D eigenvalue weighted by Crippen LogP contribution is 1.90. The first-order chi connectivity index (χ1) is 5.85. The van der Waals surface area contributed by atoms with Gasteiger partial charge < -0.3 is 9.64 Å². The van der Waals surface area contributed by atoms with E-state index < -0.39 is 0 Å². The molecule has 0 rings (SSSR count). The summed E-state index contributed by atoms with van der Waals surface area (Å²) in [6.07, 6.45) is 0.611. The summed E-state index contributed by atoms with van der Waals surface area (Å²) >= 11 is 0. The molecule has 0 N–H and O–H groups in total. The lowest BCUT2D eigenvalue weighted by atomic mass is 10.4. The van der Waals surface area contributed by atoms with Gasteiger partial charge >= 0.3 is 0 Å². The lowest BCUT2D eigenvalue weighted by Gasteiger charge is -2.18. The van der Waals surface area contributed by atoms with Gasteiger partial charge in [-0.25, -0.2) is 0 Å². The van der Waals surface area contributed by atoms with E-state index in [9.17, 15) is 0 Å². The minimum absolute atomic E-state index is 0.611. The molecule has 0 saturated carbocycles. The van der Waals surface area contributed by atoms with Crippen LogP contribution in [0.15, 0.2) is 0 Å². The van der Waals surface area contributed by atoms with Crippen LogP contribution in [0.2, 0.25) is 0 Å². The number of rotatable bonds is 7. The largest absolute Gasteiger partial charge is 0.380 e. The third-order valence-electron chi connectivity index (χ3n) is 1.74. The molecule has 70 valence electrons. The molecular formula is C9H18N2O. The molecule has 0 aromatic rings. The van der Waals surface area contributed by atoms with Crippen LogP contribution in [-0.4, -0.2) is 37.7 Å². The summed E-state index contributed by atoms with van der Waals surface area (Å²) < 4.78 is 5.22. The Morgan fingerprint density at radius 3 is 2.58 bits per heavy atom. The molecule has 0 aromatic carbocycles. The Bertz CT molecular complexity index is 131. The molecule has 0 spiro atoms. The third-order valence-corrected chi connectivity index (χ3v) is 1.74. The van der Waals surface area contributed by atoms with Crippen molar-refractivity contribution in [2.75, 3.05) is 32.8 Å². The maximum absolute atomic E-state index is 8.37. The second kappa shape index (κ2) is 8.51. The lowest BCUT2D eigenvalue weighted by molar-refractivity contribution is 0.116. The Balaban J connectivity index is 3.34. The summed E-state index contributed by atoms with van der Waals surface area (Å²) in [6.45, 7) is 8.43. The van der Waals surface area contributed by atoms with E-state index in [1.807, 2.05) is 6.92 Å². The standard InChI is InChI=1S/C9H18N2O/c1-3-11(7-5-6-10)8-9-12-4-2/h3-5,7-9H2,1-2H3. The quantitative estimate of drug-likeness (QED) is 0.540. The SMILES string of the molecule is CCOCCN(CC)CCC#N. The monoisotopic (exact) mass is 170 g/mol. The fourth-order valence-corrected chi connectivity index (χ4v) is 0.974. The van der Waals surface area contributed by atoms with Crippen molar-refractivity contribution in [2.45, 2.75) is 20.3 Å². The van der Waals surface area contributed by atoms with E-state index in [0.29, 0.717) is 6.42 Å². The molecule has 0 unspecified atom stereocenters. The summed E-state index contributed by atoms with van der Waals surface area (Å²) in [6, 6.07) is 2.14. The highest BCUT2D eigenvalue weighted by Gasteiger charge is 1.99. The molecule has 0 saturated heterocycles. The number of nitriles is 1. The summed E-state index contributed by atoms with van der Waals surface area (Å²) in [7, 11) is 0. The number of hydrogen-bond acceptors (Lipinski definition) is 3. The van der Waals surface area contributed by atoms with Crippen molar-refractivity contribution in [1.29, 1.82) is 5.26 Å². The molecule has 3 nitrogen and oxygen atoms in total. The minimum atomic E-state index is 0.611. The normalized spacial score (nSPS) is 10.2. The Morgan fingerprint density at radius 1 is 1.33 bits per heavy atom. The zero-order chi connectivity index (χ0) is 9.23. The molecule has 0 aromatic heterocycles. The van der Waals surface area contributed by atoms with E-state index in [4.69, 9.17) is 10.00 Å². The van der Waals surface area contributed by atoms with Crippen molar-refractivity contribution in [1.82, 2.24) is 4.90 Å². The van der Waals surface area contributed by atoms with Crippen LogP contribution in [0.1, 0.15) is 20.3 Å². The van der Waals surface area contributed by atoms with Crippen LogP contribution in [-0.2, 0) is 4.74 Å². The lowest BCUT2D eigenvalue weighted by Crippen LogP contribution is -2.28. The molecule has 0 fully saturated rings. The molecule has 0 bridgehead atoms. The van der Waals surface area contributed by atoms with Gasteiger partial charge in [-0.05, 0) is 13.5 Å². The van der Waals surface area contributed by atoms with Crippen LogP contribution in [0.25, 0.3) is 0 Å². The molecule has 3 heteroatoms. The second-order valence-electron chi connectivity index (χ2n) is 2.54. The first-order valence-corrected chi connectivity index (χ1v) is 4.52. The highest BCUT2D eigenvalue weighted by atomic mass is 16.5. The molecule has 0 aliphatic heterocycles. The van der Waals surface area contributed by atoms with Crippen molar-refractivity contribution >= 4 is 0 Å². The molecule has 0 heterocycles. The highest BCUT2D eigenvalue weighted by molar-refractivity contribution is 4.71. The van der Waals surface area contributed by atoms with Gasteiger partial charge in [0.2, 0.25) is 0 Å². The van der Waals surface area contributed by atoms with E-state index in [-0.39, 0.29) is 0 Å². The van der Waals surface area contributed by atoms with Crippen LogP contribution in [0.5, 0.6) is 0 Å². The second-order valence-corrected chi connectivity index (χ2v) is 2.54. The van der Waals surface area contributed by atoms with Gasteiger partial charge in [-0.2, -0.15) is 5.26 Å². The van der Waals surface area contributed by atoms with Crippen LogP contribution in [0.4, 0.5) is 0 Å². The molecule has 0 amide bonds. The summed E-state index contributed by atoms with van der Waals surface area (Å²) in [5.74, 6) is 0. The van der Waals surface area contributed by atoms with Gasteiger partial charge in [0, 0.05) is 26.1 Å². The van der Waals surface area contributed by atoms with Crippen molar-refractivity contribution in [3.63, 3.8) is 0 Å². The zero-order valence-electron chi connectivity index (χ0n) is 8.05. The number of hydrogen-bond donors (Lipinski definition) is 0. The zero-order valence-corrected chi connectivity index (χ0v) is 8.05. The van der Waals surface area contributed by atoms with Gasteiger partial charge in [0.1, 0.15) is 0 Å². The van der Waals surface area contributed by atoms with Gasteiger partial charge in [-0.1, -0.05) is 6.92 Å². The average molecular weight is 170 g/mol. The Labute approximate surface area is 74.9 Å². The molecular weight excluding hydrogens is 152 g/mol. The molecule has 0 radical (unpaired) electrons. The van der Waals surface area contributed by atoms with Crippen molar-refractivity contribution in [3.05, 3.63) is 0 Å². The van der Waals surface area contributed by atoms with Gasteiger partial charge in [-0.15, -0.1) is 0 Å². The average Bonchev–Trinajstić information content (AvgIpc) is 2.11. The van der Waals surface area contributed by atoms with E-state index >= 15 is 0 Å². The van der Waals surface area contributed by atoms with Crippen LogP contribution in [0.3, 0.4) is 0 Å². The van der Waals surface area contributed by atoms with Crippen molar-refractivity contribution < 1.29 is 4.74 Å². The summed E-state index contributed by atoms with van der Waals surface area (Å²) in [5, 5.41) is 8.37. The van der Waals surface area contributed by atoms with E-state index in [1.165, 1.54) is 0 Å². The van der Waals surface area contributed by atoms with Crippen molar-refractivity contribution in [2.24, 2.45) is 0 Å². The number of likely N-dealkylation sites (N-methyl/N-ethyl adjacent to an activating group) is 1. The van der Waals surface area contributed by atoms with Crippen molar-refractivity contribution in [3.8, 4) is 6.07 Å². The molecule has 12 heavy (non-hydrogen) atoms. The first kappa shape index (κ1) is 11.4. The maximum atomic E-state index is 8.37. The number of nitrogens with zero attached hydrogens (tertiary/aromatic N) is 2. The Hall–Kier alpha value is -0.590. The van der Waals surface area contributed by atoms with Gasteiger partial charge in [0.05, 0.1) is 12.7 Å². The van der Waals surface area contributed by atoms with Crippen LogP contribution >= 0.6 is 0 Å². The number of ether oxygens (including phenoxy) is 1. The summed E-state index contributed by atoms with van der Waals surface area (Å²) in [5.41, 5.74) is 0. The van der Waals surface area contributed by atoms with E-state index in [0.717, 1.165) is 32.8 Å². The fraction of sp³-hybridized carbons (Fsp3) is 0.889. The maximum Gasteiger partial charge on any atom is 0.0635 e. The predicted octanol–water partition coefficient (Wildman–Crippen LogP) is 1.26. The Kier molecular flexibility index (Phi) is 8.09. The van der Waals surface area contributed by atoms with Gasteiger partial charge in [-0.3, -0.25) is 0 Å². The van der Waals surface area contributed by atoms with Crippen LogP contribution in [0, 0.1) is 11.3 Å². The molecule has 0 aliphatic carbocycles. The summed E-state index contributed by atoms with van der Waals surface area (Å²) in [4.78, 5) is 2.22.